The summed E-state index contributed by atoms with van der Waals surface area (Å²) in [7, 11) is 1.42. The van der Waals surface area contributed by atoms with Crippen LogP contribution in [0, 0.1) is 11.8 Å². The molecular weight excluding hydrogens is 228 g/mol. The van der Waals surface area contributed by atoms with Crippen molar-refractivity contribution in [3.8, 4) is 0 Å². The van der Waals surface area contributed by atoms with Crippen molar-refractivity contribution in [2.75, 3.05) is 7.11 Å². The fourth-order valence-corrected chi connectivity index (χ4v) is 3.34. The van der Waals surface area contributed by atoms with Crippen molar-refractivity contribution >= 4 is 5.97 Å². The Hall–Kier alpha value is -0.830. The molecule has 0 amide bonds. The van der Waals surface area contributed by atoms with Crippen molar-refractivity contribution in [1.82, 2.24) is 0 Å². The molecule has 0 aromatic heterocycles. The number of carbonyl (C=O) groups excluding carboxylic acids is 1. The molecule has 0 unspecified atom stereocenters. The molecule has 0 aromatic carbocycles. The first kappa shape index (κ1) is 13.6. The summed E-state index contributed by atoms with van der Waals surface area (Å²) in [5.74, 6) is 0.732. The largest absolute Gasteiger partial charge is 0.467 e. The van der Waals surface area contributed by atoms with Crippen LogP contribution in [-0.4, -0.2) is 25.3 Å². The zero-order valence-electron chi connectivity index (χ0n) is 11.6. The van der Waals surface area contributed by atoms with E-state index in [0.29, 0.717) is 11.8 Å². The summed E-state index contributed by atoms with van der Waals surface area (Å²) < 4.78 is 10.9. The van der Waals surface area contributed by atoms with Crippen molar-refractivity contribution in [2.45, 2.75) is 58.2 Å². The Balaban J connectivity index is 2.10. The first-order valence-corrected chi connectivity index (χ1v) is 7.05. The fraction of sp³-hybridized carbons (Fsp3) is 0.800. The molecule has 1 fully saturated rings. The third kappa shape index (κ3) is 2.77. The van der Waals surface area contributed by atoms with Crippen LogP contribution in [0.3, 0.4) is 0 Å². The van der Waals surface area contributed by atoms with E-state index < -0.39 is 6.10 Å². The lowest BCUT2D eigenvalue weighted by atomic mass is 9.79. The number of carbonyl (C=O) groups is 1. The van der Waals surface area contributed by atoms with Gasteiger partial charge in [0.05, 0.1) is 13.2 Å². The van der Waals surface area contributed by atoms with E-state index in [-0.39, 0.29) is 12.1 Å². The molecule has 3 atom stereocenters. The summed E-state index contributed by atoms with van der Waals surface area (Å²) in [4.78, 5) is 11.7. The second kappa shape index (κ2) is 5.87. The smallest absolute Gasteiger partial charge is 0.339 e. The van der Waals surface area contributed by atoms with Gasteiger partial charge in [0.25, 0.3) is 0 Å². The van der Waals surface area contributed by atoms with E-state index in [4.69, 9.17) is 9.47 Å². The lowest BCUT2D eigenvalue weighted by molar-refractivity contribution is -0.160. The van der Waals surface area contributed by atoms with E-state index >= 15 is 0 Å². The second-order valence-electron chi connectivity index (χ2n) is 5.67. The number of methoxy groups -OCH3 is 1. The minimum absolute atomic E-state index is 0.179. The van der Waals surface area contributed by atoms with Gasteiger partial charge in [-0.2, -0.15) is 0 Å². The van der Waals surface area contributed by atoms with Crippen molar-refractivity contribution < 1.29 is 14.3 Å². The van der Waals surface area contributed by atoms with E-state index in [9.17, 15) is 4.79 Å². The van der Waals surface area contributed by atoms with Crippen molar-refractivity contribution in [1.29, 1.82) is 0 Å². The molecule has 0 saturated heterocycles. The summed E-state index contributed by atoms with van der Waals surface area (Å²) in [5.41, 5.74) is 0.987. The van der Waals surface area contributed by atoms with E-state index in [1.54, 1.807) is 0 Å². The summed E-state index contributed by atoms with van der Waals surface area (Å²) in [6.07, 6.45) is 8.27. The maximum atomic E-state index is 11.7. The maximum absolute atomic E-state index is 11.7. The number of ether oxygens (including phenoxy) is 2. The van der Waals surface area contributed by atoms with Gasteiger partial charge in [0, 0.05) is 5.92 Å². The summed E-state index contributed by atoms with van der Waals surface area (Å²) in [6, 6.07) is 0. The zero-order chi connectivity index (χ0) is 13.1. The summed E-state index contributed by atoms with van der Waals surface area (Å²) in [6.45, 7) is 4.14. The Morgan fingerprint density at radius 2 is 2.00 bits per heavy atom. The first-order valence-electron chi connectivity index (χ1n) is 7.05. The van der Waals surface area contributed by atoms with Crippen LogP contribution < -0.4 is 0 Å². The predicted molar refractivity (Wildman–Crippen MR) is 70.2 cm³/mol. The highest BCUT2D eigenvalue weighted by atomic mass is 16.6. The van der Waals surface area contributed by atoms with E-state index in [1.807, 2.05) is 6.92 Å². The minimum Gasteiger partial charge on any atom is -0.467 e. The summed E-state index contributed by atoms with van der Waals surface area (Å²) in [5, 5.41) is 0. The Bertz CT molecular complexity index is 329. The van der Waals surface area contributed by atoms with Crippen LogP contribution in [-0.2, 0) is 14.3 Å². The quantitative estimate of drug-likeness (QED) is 0.559. The molecule has 1 aliphatic carbocycles. The highest BCUT2D eigenvalue weighted by molar-refractivity contribution is 5.78. The van der Waals surface area contributed by atoms with Gasteiger partial charge in [0.2, 0.25) is 0 Å². The lowest BCUT2D eigenvalue weighted by Gasteiger charge is -2.38. The lowest BCUT2D eigenvalue weighted by Crippen LogP contribution is -2.42. The molecule has 0 aromatic rings. The molecule has 1 saturated carbocycles. The van der Waals surface area contributed by atoms with Crippen molar-refractivity contribution in [3.05, 3.63) is 11.6 Å². The van der Waals surface area contributed by atoms with Gasteiger partial charge >= 0.3 is 5.97 Å². The van der Waals surface area contributed by atoms with E-state index in [2.05, 4.69) is 13.0 Å². The van der Waals surface area contributed by atoms with Gasteiger partial charge in [0.1, 0.15) is 0 Å². The molecule has 0 spiro atoms. The monoisotopic (exact) mass is 252 g/mol. The van der Waals surface area contributed by atoms with Gasteiger partial charge in [-0.15, -0.1) is 0 Å². The average molecular weight is 252 g/mol. The topological polar surface area (TPSA) is 35.5 Å². The molecule has 3 nitrogen and oxygen atoms in total. The molecule has 2 aliphatic rings. The zero-order valence-corrected chi connectivity index (χ0v) is 11.6. The van der Waals surface area contributed by atoms with Crippen LogP contribution in [0.1, 0.15) is 46.0 Å². The van der Waals surface area contributed by atoms with Gasteiger partial charge in [-0.3, -0.25) is 0 Å². The van der Waals surface area contributed by atoms with Crippen LogP contribution in [0.15, 0.2) is 11.6 Å². The maximum Gasteiger partial charge on any atom is 0.339 e. The third-order valence-electron chi connectivity index (χ3n) is 4.28. The Morgan fingerprint density at radius 3 is 2.61 bits per heavy atom. The van der Waals surface area contributed by atoms with Crippen LogP contribution in [0.4, 0.5) is 0 Å². The SMILES string of the molecule is COC(=O)[C@@H]1O[C@H](C2CCCCC2)[C@@H](C)C=C1C. The molecule has 1 heterocycles. The first-order chi connectivity index (χ1) is 8.63. The van der Waals surface area contributed by atoms with E-state index in [0.717, 1.165) is 5.57 Å². The van der Waals surface area contributed by atoms with Crippen LogP contribution in [0.25, 0.3) is 0 Å². The normalized spacial score (nSPS) is 33.9. The Labute approximate surface area is 110 Å². The molecule has 18 heavy (non-hydrogen) atoms. The molecule has 102 valence electrons. The van der Waals surface area contributed by atoms with Crippen molar-refractivity contribution in [3.63, 3.8) is 0 Å². The third-order valence-corrected chi connectivity index (χ3v) is 4.28. The molecule has 2 rings (SSSR count). The Morgan fingerprint density at radius 1 is 1.33 bits per heavy atom. The minimum atomic E-state index is -0.488. The van der Waals surface area contributed by atoms with E-state index in [1.165, 1.54) is 39.2 Å². The van der Waals surface area contributed by atoms with Crippen LogP contribution in [0.5, 0.6) is 0 Å². The van der Waals surface area contributed by atoms with Gasteiger partial charge in [-0.05, 0) is 31.3 Å². The standard InChI is InChI=1S/C15H24O3/c1-10-9-11(2)14(15(16)17-3)18-13(10)12-7-5-4-6-8-12/h9-10,12-14H,4-8H2,1-3H3/t10-,13-,14+/m0/s1. The van der Waals surface area contributed by atoms with Gasteiger partial charge in [0.15, 0.2) is 6.10 Å². The number of esters is 1. The molecule has 0 bridgehead atoms. The van der Waals surface area contributed by atoms with Gasteiger partial charge < -0.3 is 9.47 Å². The number of hydrogen-bond donors (Lipinski definition) is 0. The molecule has 3 heteroatoms. The molecule has 0 radical (unpaired) electrons. The van der Waals surface area contributed by atoms with Crippen molar-refractivity contribution in [2.24, 2.45) is 11.8 Å². The van der Waals surface area contributed by atoms with Gasteiger partial charge in [-0.1, -0.05) is 32.3 Å². The highest BCUT2D eigenvalue weighted by Crippen LogP contribution is 2.36. The van der Waals surface area contributed by atoms with Gasteiger partial charge in [-0.25, -0.2) is 4.79 Å². The molecular formula is C15H24O3. The second-order valence-corrected chi connectivity index (χ2v) is 5.67. The summed E-state index contributed by atoms with van der Waals surface area (Å²) >= 11 is 0. The fourth-order valence-electron chi connectivity index (χ4n) is 3.34. The Kier molecular flexibility index (Phi) is 4.44. The number of hydrogen-bond acceptors (Lipinski definition) is 3. The number of rotatable bonds is 2. The predicted octanol–water partition coefficient (Wildman–Crippen LogP) is 3.09. The average Bonchev–Trinajstić information content (AvgIpc) is 2.39. The highest BCUT2D eigenvalue weighted by Gasteiger charge is 2.37. The van der Waals surface area contributed by atoms with Crippen LogP contribution in [0.2, 0.25) is 0 Å². The van der Waals surface area contributed by atoms with Crippen LogP contribution >= 0.6 is 0 Å². The molecule has 1 aliphatic heterocycles. The molecule has 0 N–H and O–H groups in total.